The zero-order valence-electron chi connectivity index (χ0n) is 15.6. The minimum atomic E-state index is -4.09. The summed E-state index contributed by atoms with van der Waals surface area (Å²) >= 11 is 5.84. The first-order valence-electron chi connectivity index (χ1n) is 9.06. The van der Waals surface area contributed by atoms with Crippen LogP contribution >= 0.6 is 11.6 Å². The number of halogens is 1. The molecule has 160 valence electrons. The van der Waals surface area contributed by atoms with Crippen molar-refractivity contribution in [3.8, 4) is 11.5 Å². The molecular formula is C19H19ClN2O7S. The van der Waals surface area contributed by atoms with Crippen molar-refractivity contribution in [3.05, 3.63) is 53.6 Å². The molecule has 1 aliphatic carbocycles. The highest BCUT2D eigenvalue weighted by atomic mass is 35.5. The molecule has 3 N–H and O–H groups in total. The monoisotopic (exact) mass is 454 g/mol. The molecule has 0 spiro atoms. The Bertz CT molecular complexity index is 1020. The topological polar surface area (TPSA) is 123 Å². The number of carbonyl (C=O) groups excluding carboxylic acids is 1. The molecule has 1 heterocycles. The predicted octanol–water partition coefficient (Wildman–Crippen LogP) is 2.19. The van der Waals surface area contributed by atoms with Crippen molar-refractivity contribution >= 4 is 27.5 Å². The smallest absolute Gasteiger partial charge is 0.264 e. The normalized spacial score (nSPS) is 25.7. The molecule has 2 aromatic carbocycles. The lowest BCUT2D eigenvalue weighted by atomic mass is 9.98. The molecule has 2 aliphatic rings. The fourth-order valence-electron chi connectivity index (χ4n) is 3.64. The van der Waals surface area contributed by atoms with Crippen molar-refractivity contribution in [2.75, 3.05) is 6.79 Å². The van der Waals surface area contributed by atoms with Gasteiger partial charge in [0.15, 0.2) is 0 Å². The van der Waals surface area contributed by atoms with Crippen LogP contribution in [0.4, 0.5) is 0 Å². The molecule has 0 aromatic heterocycles. The van der Waals surface area contributed by atoms with E-state index in [4.69, 9.17) is 31.0 Å². The van der Waals surface area contributed by atoms with Crippen molar-refractivity contribution in [2.24, 2.45) is 0 Å². The highest BCUT2D eigenvalue weighted by Crippen LogP contribution is 2.38. The second-order valence-electron chi connectivity index (χ2n) is 7.09. The molecule has 1 amide bonds. The van der Waals surface area contributed by atoms with E-state index in [0.717, 1.165) is 0 Å². The van der Waals surface area contributed by atoms with Gasteiger partial charge in [-0.1, -0.05) is 11.6 Å². The number of fused-ring (bicyclic) bond motifs is 1. The fourth-order valence-corrected chi connectivity index (χ4v) is 5.16. The summed E-state index contributed by atoms with van der Waals surface area (Å²) in [5, 5.41) is 9.72. The molecular weight excluding hydrogens is 436 g/mol. The number of sulfonamides is 1. The summed E-state index contributed by atoms with van der Waals surface area (Å²) in [6.07, 6.45) is -0.775. The number of rotatable bonds is 6. The van der Waals surface area contributed by atoms with Gasteiger partial charge in [-0.15, -0.1) is 0 Å². The molecule has 9 nitrogen and oxygen atoms in total. The van der Waals surface area contributed by atoms with Gasteiger partial charge in [0.05, 0.1) is 17.1 Å². The maximum Gasteiger partial charge on any atom is 0.264 e. The van der Waals surface area contributed by atoms with Gasteiger partial charge in [0.2, 0.25) is 10.0 Å². The van der Waals surface area contributed by atoms with Crippen LogP contribution in [0.25, 0.3) is 0 Å². The Kier molecular flexibility index (Phi) is 5.71. The molecule has 2 aromatic rings. The van der Waals surface area contributed by atoms with Gasteiger partial charge in [0, 0.05) is 17.9 Å². The highest BCUT2D eigenvalue weighted by molar-refractivity contribution is 7.89. The Morgan fingerprint density at radius 2 is 1.57 bits per heavy atom. The van der Waals surface area contributed by atoms with Crippen LogP contribution in [0.5, 0.6) is 11.5 Å². The van der Waals surface area contributed by atoms with Crippen molar-refractivity contribution in [1.82, 2.24) is 10.2 Å². The van der Waals surface area contributed by atoms with Crippen LogP contribution in [0.15, 0.2) is 53.4 Å². The van der Waals surface area contributed by atoms with Crippen LogP contribution in [0.3, 0.4) is 0 Å². The van der Waals surface area contributed by atoms with Crippen molar-refractivity contribution in [3.63, 3.8) is 0 Å². The third-order valence-electron chi connectivity index (χ3n) is 5.13. The maximum atomic E-state index is 12.9. The summed E-state index contributed by atoms with van der Waals surface area (Å²) in [6.45, 7) is 0.0913. The molecule has 3 atom stereocenters. The van der Waals surface area contributed by atoms with Crippen LogP contribution in [0.2, 0.25) is 5.02 Å². The third-order valence-corrected chi connectivity index (χ3v) is 6.93. The van der Waals surface area contributed by atoms with E-state index in [1.165, 1.54) is 24.3 Å². The van der Waals surface area contributed by atoms with E-state index >= 15 is 0 Å². The molecule has 11 heteroatoms. The standard InChI is InChI=1S/C19H19ClN2O7S/c20-12-1-3-13(4-2-12)29-14-5-7-15(8-6-14)30(25,26)22-19(18(23)21-24)9-16-17(10-19)28-11-27-16/h1-8,16-17,22,24H,9-11H2,(H,21,23)/t16-,17+,19-. The van der Waals surface area contributed by atoms with E-state index < -0.39 is 33.7 Å². The first kappa shape index (κ1) is 21.0. The average molecular weight is 455 g/mol. The van der Waals surface area contributed by atoms with Gasteiger partial charge in [0.25, 0.3) is 5.91 Å². The first-order chi connectivity index (χ1) is 14.3. The lowest BCUT2D eigenvalue weighted by Crippen LogP contribution is -2.57. The van der Waals surface area contributed by atoms with E-state index in [0.29, 0.717) is 16.5 Å². The molecule has 1 saturated heterocycles. The molecule has 0 radical (unpaired) electrons. The van der Waals surface area contributed by atoms with Crippen LogP contribution in [0.1, 0.15) is 12.8 Å². The average Bonchev–Trinajstić information content (AvgIpc) is 3.29. The number of carbonyl (C=O) groups is 1. The van der Waals surface area contributed by atoms with Gasteiger partial charge in [-0.05, 0) is 48.5 Å². The summed E-state index contributed by atoms with van der Waals surface area (Å²) < 4.78 is 44.7. The van der Waals surface area contributed by atoms with Crippen LogP contribution in [-0.2, 0) is 24.3 Å². The van der Waals surface area contributed by atoms with Gasteiger partial charge < -0.3 is 14.2 Å². The maximum absolute atomic E-state index is 12.9. The largest absolute Gasteiger partial charge is 0.457 e. The van der Waals surface area contributed by atoms with Crippen LogP contribution < -0.4 is 14.9 Å². The van der Waals surface area contributed by atoms with E-state index in [1.54, 1.807) is 29.7 Å². The molecule has 0 unspecified atom stereocenters. The zero-order valence-corrected chi connectivity index (χ0v) is 17.2. The van der Waals surface area contributed by atoms with Gasteiger partial charge in [0.1, 0.15) is 23.8 Å². The molecule has 4 rings (SSSR count). The lowest BCUT2D eigenvalue weighted by molar-refractivity contribution is -0.136. The summed E-state index contributed by atoms with van der Waals surface area (Å²) in [6, 6.07) is 12.4. The fraction of sp³-hybridized carbons (Fsp3) is 0.316. The van der Waals surface area contributed by atoms with Crippen LogP contribution in [0, 0.1) is 0 Å². The van der Waals surface area contributed by atoms with E-state index in [9.17, 15) is 13.2 Å². The van der Waals surface area contributed by atoms with Gasteiger partial charge in [-0.3, -0.25) is 10.0 Å². The Morgan fingerprint density at radius 3 is 2.10 bits per heavy atom. The molecule has 1 aliphatic heterocycles. The predicted molar refractivity (Wildman–Crippen MR) is 105 cm³/mol. The molecule has 2 fully saturated rings. The first-order valence-corrected chi connectivity index (χ1v) is 10.9. The minimum absolute atomic E-state index is 0.0427. The SMILES string of the molecule is O=C(NO)[C@]1(NS(=O)(=O)c2ccc(Oc3ccc(Cl)cc3)cc2)C[C@@H]2OCO[C@@H]2C1. The summed E-state index contributed by atoms with van der Waals surface area (Å²) in [5.41, 5.74) is -0.0365. The highest BCUT2D eigenvalue weighted by Gasteiger charge is 2.55. The Balaban J connectivity index is 1.52. The Hall–Kier alpha value is -2.21. The molecule has 0 bridgehead atoms. The number of benzene rings is 2. The number of amides is 1. The van der Waals surface area contributed by atoms with Gasteiger partial charge >= 0.3 is 0 Å². The summed E-state index contributed by atoms with van der Waals surface area (Å²) in [5.74, 6) is 0.107. The number of nitrogens with one attached hydrogen (secondary N) is 2. The van der Waals surface area contributed by atoms with E-state index in [1.807, 2.05) is 0 Å². The van der Waals surface area contributed by atoms with E-state index in [-0.39, 0.29) is 24.5 Å². The second-order valence-corrected chi connectivity index (χ2v) is 9.21. The minimum Gasteiger partial charge on any atom is -0.457 e. The lowest BCUT2D eigenvalue weighted by Gasteiger charge is -2.28. The summed E-state index contributed by atoms with van der Waals surface area (Å²) in [7, 11) is -4.09. The van der Waals surface area contributed by atoms with Crippen molar-refractivity contribution in [1.29, 1.82) is 0 Å². The molecule has 1 saturated carbocycles. The summed E-state index contributed by atoms with van der Waals surface area (Å²) in [4.78, 5) is 12.3. The Labute approximate surface area is 177 Å². The Morgan fingerprint density at radius 1 is 1.03 bits per heavy atom. The number of hydrogen-bond donors (Lipinski definition) is 3. The van der Waals surface area contributed by atoms with Crippen LogP contribution in [-0.4, -0.2) is 44.1 Å². The van der Waals surface area contributed by atoms with Crippen molar-refractivity contribution in [2.45, 2.75) is 35.5 Å². The number of ether oxygens (including phenoxy) is 3. The number of hydroxylamine groups is 1. The molecule has 30 heavy (non-hydrogen) atoms. The second kappa shape index (κ2) is 8.14. The van der Waals surface area contributed by atoms with Gasteiger partial charge in [-0.2, -0.15) is 4.72 Å². The third kappa shape index (κ3) is 4.15. The quantitative estimate of drug-likeness (QED) is 0.451. The number of hydrogen-bond acceptors (Lipinski definition) is 7. The van der Waals surface area contributed by atoms with Gasteiger partial charge in [-0.25, -0.2) is 13.9 Å². The zero-order chi connectivity index (χ0) is 21.4. The van der Waals surface area contributed by atoms with Crippen molar-refractivity contribution < 1.29 is 32.6 Å². The van der Waals surface area contributed by atoms with E-state index in [2.05, 4.69) is 4.72 Å².